The molecule has 0 bridgehead atoms. The predicted molar refractivity (Wildman–Crippen MR) is 100 cm³/mol. The summed E-state index contributed by atoms with van der Waals surface area (Å²) < 4.78 is 5.01. The van der Waals surface area contributed by atoms with Gasteiger partial charge in [-0.15, -0.1) is 0 Å². The SMILES string of the molecule is C1COCCN1.Cc1ccc2nc(-c3cccc(N)c3)ccc2c1. The van der Waals surface area contributed by atoms with Crippen molar-refractivity contribution in [3.63, 3.8) is 0 Å². The Balaban J connectivity index is 0.000000238. The van der Waals surface area contributed by atoms with Crippen molar-refractivity contribution in [2.75, 3.05) is 32.0 Å². The summed E-state index contributed by atoms with van der Waals surface area (Å²) in [6.45, 7) is 5.92. The van der Waals surface area contributed by atoms with E-state index in [4.69, 9.17) is 10.5 Å². The van der Waals surface area contributed by atoms with Crippen LogP contribution in [0.4, 0.5) is 5.69 Å². The van der Waals surface area contributed by atoms with Crippen LogP contribution in [0.5, 0.6) is 0 Å². The van der Waals surface area contributed by atoms with E-state index in [1.54, 1.807) is 0 Å². The van der Waals surface area contributed by atoms with Gasteiger partial charge in [0.25, 0.3) is 0 Å². The molecule has 2 aromatic carbocycles. The number of pyridine rings is 1. The van der Waals surface area contributed by atoms with Gasteiger partial charge in [-0.3, -0.25) is 0 Å². The van der Waals surface area contributed by atoms with E-state index in [0.29, 0.717) is 0 Å². The van der Waals surface area contributed by atoms with Crippen molar-refractivity contribution in [3.05, 3.63) is 60.2 Å². The summed E-state index contributed by atoms with van der Waals surface area (Å²) in [7, 11) is 0. The molecule has 124 valence electrons. The van der Waals surface area contributed by atoms with Crippen LogP contribution in [-0.4, -0.2) is 31.3 Å². The normalized spacial score (nSPS) is 14.0. The zero-order valence-corrected chi connectivity index (χ0v) is 14.0. The standard InChI is InChI=1S/C16H14N2.C4H9NO/c1-11-5-7-15-13(9-11)6-8-16(18-15)12-3-2-4-14(17)10-12;1-3-6-4-2-5-1/h2-10H,17H2,1H3;5H,1-4H2. The lowest BCUT2D eigenvalue weighted by Crippen LogP contribution is -2.30. The van der Waals surface area contributed by atoms with Crippen molar-refractivity contribution in [1.82, 2.24) is 10.3 Å². The van der Waals surface area contributed by atoms with Crippen LogP contribution < -0.4 is 11.1 Å². The van der Waals surface area contributed by atoms with Gasteiger partial charge in [0.05, 0.1) is 24.4 Å². The fourth-order valence-electron chi connectivity index (χ4n) is 2.62. The fourth-order valence-corrected chi connectivity index (χ4v) is 2.62. The van der Waals surface area contributed by atoms with Crippen molar-refractivity contribution in [2.45, 2.75) is 6.92 Å². The number of aryl methyl sites for hydroxylation is 1. The Kier molecular flexibility index (Phi) is 5.41. The Morgan fingerprint density at radius 1 is 1.00 bits per heavy atom. The second-order valence-electron chi connectivity index (χ2n) is 5.88. The summed E-state index contributed by atoms with van der Waals surface area (Å²) in [6, 6.07) is 18.2. The first-order valence-corrected chi connectivity index (χ1v) is 8.24. The number of nitrogens with one attached hydrogen (secondary N) is 1. The molecule has 0 unspecified atom stereocenters. The van der Waals surface area contributed by atoms with Crippen molar-refractivity contribution in [1.29, 1.82) is 0 Å². The average Bonchev–Trinajstić information content (AvgIpc) is 2.63. The van der Waals surface area contributed by atoms with Gasteiger partial charge in [-0.2, -0.15) is 0 Å². The molecule has 4 nitrogen and oxygen atoms in total. The van der Waals surface area contributed by atoms with E-state index >= 15 is 0 Å². The van der Waals surface area contributed by atoms with Crippen molar-refractivity contribution in [3.8, 4) is 11.3 Å². The lowest BCUT2D eigenvalue weighted by atomic mass is 10.1. The van der Waals surface area contributed by atoms with Gasteiger partial charge < -0.3 is 15.8 Å². The van der Waals surface area contributed by atoms with Gasteiger partial charge in [0, 0.05) is 29.7 Å². The number of nitrogen functional groups attached to an aromatic ring is 1. The molecule has 3 aromatic rings. The van der Waals surface area contributed by atoms with Crippen molar-refractivity contribution in [2.24, 2.45) is 0 Å². The molecule has 24 heavy (non-hydrogen) atoms. The highest BCUT2D eigenvalue weighted by molar-refractivity contribution is 5.82. The molecule has 0 amide bonds. The fraction of sp³-hybridized carbons (Fsp3) is 0.250. The van der Waals surface area contributed by atoms with Crippen LogP contribution in [0.3, 0.4) is 0 Å². The lowest BCUT2D eigenvalue weighted by Gasteiger charge is -2.10. The number of ether oxygens (including phenoxy) is 1. The molecular formula is C20H23N3O. The molecule has 4 heteroatoms. The van der Waals surface area contributed by atoms with E-state index in [2.05, 4.69) is 41.5 Å². The number of anilines is 1. The number of morpholine rings is 1. The van der Waals surface area contributed by atoms with Crippen LogP contribution in [0.15, 0.2) is 54.6 Å². The van der Waals surface area contributed by atoms with Gasteiger partial charge in [0.15, 0.2) is 0 Å². The van der Waals surface area contributed by atoms with Crippen LogP contribution in [-0.2, 0) is 4.74 Å². The number of hydrogen-bond acceptors (Lipinski definition) is 4. The van der Waals surface area contributed by atoms with E-state index in [0.717, 1.165) is 48.8 Å². The van der Waals surface area contributed by atoms with Gasteiger partial charge in [0.2, 0.25) is 0 Å². The van der Waals surface area contributed by atoms with Crippen LogP contribution in [0.1, 0.15) is 5.56 Å². The van der Waals surface area contributed by atoms with E-state index in [-0.39, 0.29) is 0 Å². The number of nitrogens with two attached hydrogens (primary N) is 1. The summed E-state index contributed by atoms with van der Waals surface area (Å²) in [5, 5.41) is 4.33. The van der Waals surface area contributed by atoms with E-state index in [1.807, 2.05) is 30.3 Å². The summed E-state index contributed by atoms with van der Waals surface area (Å²) in [6.07, 6.45) is 0. The van der Waals surface area contributed by atoms with Crippen LogP contribution in [0.25, 0.3) is 22.2 Å². The zero-order valence-electron chi connectivity index (χ0n) is 14.0. The largest absolute Gasteiger partial charge is 0.399 e. The van der Waals surface area contributed by atoms with Crippen molar-refractivity contribution >= 4 is 16.6 Å². The Hall–Kier alpha value is -2.43. The molecule has 1 saturated heterocycles. The summed E-state index contributed by atoms with van der Waals surface area (Å²) in [4.78, 5) is 4.67. The molecule has 1 aromatic heterocycles. The molecule has 1 aliphatic rings. The number of benzene rings is 2. The molecular weight excluding hydrogens is 298 g/mol. The highest BCUT2D eigenvalue weighted by atomic mass is 16.5. The molecule has 0 aliphatic carbocycles. The summed E-state index contributed by atoms with van der Waals surface area (Å²) >= 11 is 0. The Bertz CT molecular complexity index is 801. The minimum absolute atomic E-state index is 0.762. The molecule has 0 radical (unpaired) electrons. The molecule has 0 saturated carbocycles. The number of nitrogens with zero attached hydrogens (tertiary/aromatic N) is 1. The molecule has 0 atom stereocenters. The first-order valence-electron chi connectivity index (χ1n) is 8.24. The van der Waals surface area contributed by atoms with E-state index in [9.17, 15) is 0 Å². The van der Waals surface area contributed by atoms with Crippen LogP contribution >= 0.6 is 0 Å². The summed E-state index contributed by atoms with van der Waals surface area (Å²) in [5.41, 5.74) is 10.8. The van der Waals surface area contributed by atoms with Crippen molar-refractivity contribution < 1.29 is 4.74 Å². The van der Waals surface area contributed by atoms with Gasteiger partial charge in [-0.05, 0) is 37.3 Å². The molecule has 0 spiro atoms. The third-order valence-corrected chi connectivity index (χ3v) is 3.87. The smallest absolute Gasteiger partial charge is 0.0710 e. The number of hydrogen-bond donors (Lipinski definition) is 2. The third kappa shape index (κ3) is 4.31. The lowest BCUT2D eigenvalue weighted by molar-refractivity contribution is 0.109. The quantitative estimate of drug-likeness (QED) is 0.674. The zero-order chi connectivity index (χ0) is 16.8. The maximum absolute atomic E-state index is 5.80. The van der Waals surface area contributed by atoms with Gasteiger partial charge in [0.1, 0.15) is 0 Å². The highest BCUT2D eigenvalue weighted by Crippen LogP contribution is 2.23. The number of aromatic nitrogens is 1. The summed E-state index contributed by atoms with van der Waals surface area (Å²) in [5.74, 6) is 0. The first kappa shape index (κ1) is 16.4. The van der Waals surface area contributed by atoms with Gasteiger partial charge in [-0.25, -0.2) is 4.98 Å². The highest BCUT2D eigenvalue weighted by Gasteiger charge is 2.02. The molecule has 3 N–H and O–H groups in total. The Labute approximate surface area is 142 Å². The third-order valence-electron chi connectivity index (χ3n) is 3.87. The van der Waals surface area contributed by atoms with E-state index < -0.39 is 0 Å². The number of rotatable bonds is 1. The van der Waals surface area contributed by atoms with Gasteiger partial charge >= 0.3 is 0 Å². The molecule has 4 rings (SSSR count). The monoisotopic (exact) mass is 321 g/mol. The Morgan fingerprint density at radius 2 is 1.83 bits per heavy atom. The second-order valence-corrected chi connectivity index (χ2v) is 5.88. The average molecular weight is 321 g/mol. The number of fused-ring (bicyclic) bond motifs is 1. The van der Waals surface area contributed by atoms with E-state index in [1.165, 1.54) is 10.9 Å². The minimum Gasteiger partial charge on any atom is -0.399 e. The maximum Gasteiger partial charge on any atom is 0.0710 e. The Morgan fingerprint density at radius 3 is 2.50 bits per heavy atom. The molecule has 1 aliphatic heterocycles. The predicted octanol–water partition coefficient (Wildman–Crippen LogP) is 3.40. The molecule has 2 heterocycles. The van der Waals surface area contributed by atoms with Gasteiger partial charge in [-0.1, -0.05) is 29.8 Å². The minimum atomic E-state index is 0.762. The second kappa shape index (κ2) is 7.90. The maximum atomic E-state index is 5.80. The van der Waals surface area contributed by atoms with Crippen LogP contribution in [0.2, 0.25) is 0 Å². The first-order chi connectivity index (χ1) is 11.7. The van der Waals surface area contributed by atoms with Crippen LogP contribution in [0, 0.1) is 6.92 Å². The molecule has 1 fully saturated rings. The topological polar surface area (TPSA) is 60.2 Å².